The van der Waals surface area contributed by atoms with E-state index in [2.05, 4.69) is 32.3 Å². The van der Waals surface area contributed by atoms with Crippen LogP contribution in [0.1, 0.15) is 34.3 Å². The lowest BCUT2D eigenvalue weighted by Gasteiger charge is -2.13. The molecule has 2 heterocycles. The van der Waals surface area contributed by atoms with Gasteiger partial charge in [-0.2, -0.15) is 0 Å². The van der Waals surface area contributed by atoms with E-state index in [0.717, 1.165) is 27.4 Å². The molecular formula is C22H28N4O2S2. The molecule has 0 radical (unpaired) electrons. The van der Waals surface area contributed by atoms with Crippen molar-refractivity contribution in [1.29, 1.82) is 0 Å². The second-order valence-electron chi connectivity index (χ2n) is 7.70. The Morgan fingerprint density at radius 3 is 2.57 bits per heavy atom. The normalized spacial score (nSPS) is 12.5. The minimum absolute atomic E-state index is 0.0244. The highest BCUT2D eigenvalue weighted by atomic mass is 32.2. The van der Waals surface area contributed by atoms with Crippen molar-refractivity contribution >= 4 is 39.2 Å². The fourth-order valence-corrected chi connectivity index (χ4v) is 4.94. The number of hydrogen-bond donors (Lipinski definition) is 2. The summed E-state index contributed by atoms with van der Waals surface area (Å²) in [5, 5.41) is 3.42. The lowest BCUT2D eigenvalue weighted by Crippen LogP contribution is -2.30. The number of aryl methyl sites for hydroxylation is 2. The van der Waals surface area contributed by atoms with E-state index in [-0.39, 0.29) is 16.7 Å². The van der Waals surface area contributed by atoms with Gasteiger partial charge in [-0.15, -0.1) is 23.1 Å². The first kappa shape index (κ1) is 22.5. The zero-order valence-electron chi connectivity index (χ0n) is 18.0. The Morgan fingerprint density at radius 1 is 1.23 bits per heavy atom. The molecule has 1 aromatic carbocycles. The molecule has 0 aliphatic rings. The molecule has 0 bridgehead atoms. The molecule has 1 atom stereocenters. The Kier molecular flexibility index (Phi) is 7.33. The van der Waals surface area contributed by atoms with E-state index in [9.17, 15) is 9.59 Å². The number of aromatic nitrogens is 2. The molecule has 6 nitrogen and oxygen atoms in total. The van der Waals surface area contributed by atoms with Crippen molar-refractivity contribution in [1.82, 2.24) is 20.2 Å². The van der Waals surface area contributed by atoms with Gasteiger partial charge in [-0.1, -0.05) is 24.3 Å². The maximum absolute atomic E-state index is 12.4. The van der Waals surface area contributed by atoms with Crippen LogP contribution in [0.3, 0.4) is 0 Å². The maximum atomic E-state index is 12.4. The maximum Gasteiger partial charge on any atom is 0.259 e. The van der Waals surface area contributed by atoms with E-state index in [0.29, 0.717) is 23.5 Å². The number of aromatic amines is 1. The summed E-state index contributed by atoms with van der Waals surface area (Å²) in [5.74, 6) is 1.06. The van der Waals surface area contributed by atoms with Crippen molar-refractivity contribution in [2.24, 2.45) is 0 Å². The number of thioether (sulfide) groups is 1. The van der Waals surface area contributed by atoms with Gasteiger partial charge in [0.25, 0.3) is 5.56 Å². The van der Waals surface area contributed by atoms with E-state index >= 15 is 0 Å². The first-order chi connectivity index (χ1) is 14.2. The van der Waals surface area contributed by atoms with Crippen molar-refractivity contribution in [3.05, 3.63) is 62.0 Å². The summed E-state index contributed by atoms with van der Waals surface area (Å²) in [5.41, 5.74) is 3.20. The number of rotatable bonds is 8. The first-order valence-electron chi connectivity index (χ1n) is 9.85. The third-order valence-corrected chi connectivity index (χ3v) is 7.17. The van der Waals surface area contributed by atoms with Crippen molar-refractivity contribution in [3.8, 4) is 0 Å². The van der Waals surface area contributed by atoms with E-state index in [4.69, 9.17) is 0 Å². The van der Waals surface area contributed by atoms with Gasteiger partial charge < -0.3 is 15.2 Å². The largest absolute Gasteiger partial charge is 0.351 e. The SMILES string of the molecule is Cc1sc2nc(CSC(C)C(=O)NCc3ccc(CN(C)C)cc3)[nH]c(=O)c2c1C. The number of nitrogens with zero attached hydrogens (tertiary/aromatic N) is 2. The van der Waals surface area contributed by atoms with Crippen LogP contribution in [0.25, 0.3) is 10.2 Å². The average molecular weight is 445 g/mol. The first-order valence-corrected chi connectivity index (χ1v) is 11.7. The molecule has 2 aromatic heterocycles. The quantitative estimate of drug-likeness (QED) is 0.555. The van der Waals surface area contributed by atoms with Crippen LogP contribution in [0.4, 0.5) is 0 Å². The van der Waals surface area contributed by atoms with Crippen molar-refractivity contribution in [2.45, 2.75) is 44.9 Å². The summed E-state index contributed by atoms with van der Waals surface area (Å²) in [7, 11) is 4.08. The summed E-state index contributed by atoms with van der Waals surface area (Å²) in [6.45, 7) is 7.21. The van der Waals surface area contributed by atoms with Crippen molar-refractivity contribution in [3.63, 3.8) is 0 Å². The monoisotopic (exact) mass is 444 g/mol. The standard InChI is InChI=1S/C22H28N4O2S2/c1-13-14(2)30-22-19(13)21(28)24-18(25-22)12-29-15(3)20(27)23-10-16-6-8-17(9-7-16)11-26(4)5/h6-9,15H,10-12H2,1-5H3,(H,23,27)(H,24,25,28). The smallest absolute Gasteiger partial charge is 0.259 e. The van der Waals surface area contributed by atoms with Gasteiger partial charge in [0.05, 0.1) is 16.4 Å². The van der Waals surface area contributed by atoms with E-state index in [1.54, 1.807) is 0 Å². The molecule has 30 heavy (non-hydrogen) atoms. The average Bonchev–Trinajstić information content (AvgIpc) is 2.99. The Hall–Kier alpha value is -2.16. The fraction of sp³-hybridized carbons (Fsp3) is 0.409. The van der Waals surface area contributed by atoms with Gasteiger partial charge in [-0.25, -0.2) is 4.98 Å². The molecule has 3 aromatic rings. The molecule has 1 unspecified atom stereocenters. The van der Waals surface area contributed by atoms with Crippen molar-refractivity contribution in [2.75, 3.05) is 14.1 Å². The lowest BCUT2D eigenvalue weighted by atomic mass is 10.1. The molecule has 160 valence electrons. The minimum Gasteiger partial charge on any atom is -0.351 e. The van der Waals surface area contributed by atoms with Gasteiger partial charge in [-0.05, 0) is 51.6 Å². The molecule has 0 aliphatic heterocycles. The van der Waals surface area contributed by atoms with Gasteiger partial charge in [0.1, 0.15) is 10.7 Å². The number of hydrogen-bond acceptors (Lipinski definition) is 6. The molecule has 2 N–H and O–H groups in total. The van der Waals surface area contributed by atoms with Gasteiger partial charge in [-0.3, -0.25) is 9.59 Å². The number of amides is 1. The van der Waals surface area contributed by atoms with Gasteiger partial charge in [0.2, 0.25) is 5.91 Å². The van der Waals surface area contributed by atoms with Gasteiger partial charge in [0, 0.05) is 18.0 Å². The molecule has 0 saturated heterocycles. The third kappa shape index (κ3) is 5.50. The Bertz CT molecular complexity index is 1090. The van der Waals surface area contributed by atoms with E-state index in [1.807, 2.05) is 47.0 Å². The lowest BCUT2D eigenvalue weighted by molar-refractivity contribution is -0.120. The molecule has 0 saturated carbocycles. The summed E-state index contributed by atoms with van der Waals surface area (Å²) >= 11 is 3.00. The second-order valence-corrected chi connectivity index (χ2v) is 10.2. The van der Waals surface area contributed by atoms with E-state index in [1.165, 1.54) is 28.7 Å². The molecular weight excluding hydrogens is 416 g/mol. The summed E-state index contributed by atoms with van der Waals surface area (Å²) < 4.78 is 0. The number of fused-ring (bicyclic) bond motifs is 1. The predicted octanol–water partition coefficient (Wildman–Crippen LogP) is 3.60. The zero-order chi connectivity index (χ0) is 21.8. The number of H-pyrrole nitrogens is 1. The highest BCUT2D eigenvalue weighted by Gasteiger charge is 2.16. The summed E-state index contributed by atoms with van der Waals surface area (Å²) in [4.78, 5) is 36.3. The molecule has 0 aliphatic carbocycles. The highest BCUT2D eigenvalue weighted by Crippen LogP contribution is 2.26. The van der Waals surface area contributed by atoms with Crippen LogP contribution in [0.2, 0.25) is 0 Å². The Balaban J connectivity index is 1.53. The van der Waals surface area contributed by atoms with Crippen LogP contribution in [-0.2, 0) is 23.6 Å². The Labute approximate surface area is 185 Å². The van der Waals surface area contributed by atoms with Crippen LogP contribution in [0.15, 0.2) is 29.1 Å². The molecule has 0 spiro atoms. The zero-order valence-corrected chi connectivity index (χ0v) is 19.7. The summed E-state index contributed by atoms with van der Waals surface area (Å²) in [6, 6.07) is 8.27. The van der Waals surface area contributed by atoms with Crippen LogP contribution in [0, 0.1) is 13.8 Å². The van der Waals surface area contributed by atoms with E-state index < -0.39 is 0 Å². The molecule has 8 heteroatoms. The van der Waals surface area contributed by atoms with Crippen LogP contribution in [0.5, 0.6) is 0 Å². The second kappa shape index (κ2) is 9.76. The highest BCUT2D eigenvalue weighted by molar-refractivity contribution is 7.99. The number of nitrogens with one attached hydrogen (secondary N) is 2. The summed E-state index contributed by atoms with van der Waals surface area (Å²) in [6.07, 6.45) is 0. The van der Waals surface area contributed by atoms with Gasteiger partial charge >= 0.3 is 0 Å². The number of carbonyl (C=O) groups excluding carboxylic acids is 1. The van der Waals surface area contributed by atoms with Crippen LogP contribution in [-0.4, -0.2) is 40.1 Å². The predicted molar refractivity (Wildman–Crippen MR) is 126 cm³/mol. The number of thiophene rings is 1. The topological polar surface area (TPSA) is 78.1 Å². The fourth-order valence-electron chi connectivity index (χ4n) is 3.11. The van der Waals surface area contributed by atoms with Crippen molar-refractivity contribution < 1.29 is 4.79 Å². The number of benzene rings is 1. The third-order valence-electron chi connectivity index (χ3n) is 4.92. The van der Waals surface area contributed by atoms with Gasteiger partial charge in [0.15, 0.2) is 0 Å². The Morgan fingerprint density at radius 2 is 1.90 bits per heavy atom. The van der Waals surface area contributed by atoms with Crippen LogP contribution >= 0.6 is 23.1 Å². The molecule has 1 amide bonds. The van der Waals surface area contributed by atoms with Crippen LogP contribution < -0.4 is 10.9 Å². The molecule has 3 rings (SSSR count). The minimum atomic E-state index is -0.245. The number of carbonyl (C=O) groups is 1. The molecule has 0 fully saturated rings.